The first-order valence-corrected chi connectivity index (χ1v) is 6.33. The number of benzene rings is 1. The van der Waals surface area contributed by atoms with Crippen LogP contribution in [0, 0.1) is 0 Å². The molecular weight excluding hydrogens is 214 g/mol. The minimum absolute atomic E-state index is 0.0688. The Morgan fingerprint density at radius 1 is 1.35 bits per heavy atom. The second-order valence-electron chi connectivity index (χ2n) is 4.62. The average Bonchev–Trinajstić information content (AvgIpc) is 2.39. The molecule has 1 heterocycles. The van der Waals surface area contributed by atoms with Gasteiger partial charge in [-0.05, 0) is 24.8 Å². The highest BCUT2D eigenvalue weighted by Crippen LogP contribution is 2.10. The molecule has 0 aliphatic carbocycles. The molecule has 0 radical (unpaired) electrons. The summed E-state index contributed by atoms with van der Waals surface area (Å²) in [5.74, 6) is 0. The topological polar surface area (TPSA) is 44.5 Å². The molecule has 2 N–H and O–H groups in total. The monoisotopic (exact) mass is 235 g/mol. The van der Waals surface area contributed by atoms with Gasteiger partial charge >= 0.3 is 0 Å². The Hall–Kier alpha value is -0.900. The second kappa shape index (κ2) is 6.74. The van der Waals surface area contributed by atoms with E-state index in [0.717, 1.165) is 32.5 Å². The summed E-state index contributed by atoms with van der Waals surface area (Å²) >= 11 is 0. The first-order valence-electron chi connectivity index (χ1n) is 6.33. The quantitative estimate of drug-likeness (QED) is 0.845. The lowest BCUT2D eigenvalue weighted by Crippen LogP contribution is -2.34. The van der Waals surface area contributed by atoms with Crippen molar-refractivity contribution < 1.29 is 9.47 Å². The van der Waals surface area contributed by atoms with Crippen LogP contribution in [0.25, 0.3) is 0 Å². The maximum absolute atomic E-state index is 6.06. The van der Waals surface area contributed by atoms with Gasteiger partial charge < -0.3 is 15.2 Å². The van der Waals surface area contributed by atoms with Gasteiger partial charge in [0.05, 0.1) is 19.3 Å². The van der Waals surface area contributed by atoms with E-state index in [2.05, 4.69) is 12.1 Å². The Bertz CT molecular complexity index is 309. The van der Waals surface area contributed by atoms with Crippen molar-refractivity contribution in [3.05, 3.63) is 35.9 Å². The van der Waals surface area contributed by atoms with E-state index in [-0.39, 0.29) is 12.1 Å². The molecule has 0 bridgehead atoms. The number of nitrogens with two attached hydrogens (primary N) is 1. The lowest BCUT2D eigenvalue weighted by atomic mass is 10.1. The Kier molecular flexibility index (Phi) is 4.98. The Morgan fingerprint density at radius 3 is 2.88 bits per heavy atom. The molecule has 2 atom stereocenters. The summed E-state index contributed by atoms with van der Waals surface area (Å²) in [5, 5.41) is 0. The summed E-state index contributed by atoms with van der Waals surface area (Å²) in [6, 6.07) is 10.4. The highest BCUT2D eigenvalue weighted by atomic mass is 16.5. The third-order valence-corrected chi connectivity index (χ3v) is 3.01. The summed E-state index contributed by atoms with van der Waals surface area (Å²) in [6.45, 7) is 2.21. The van der Waals surface area contributed by atoms with E-state index in [4.69, 9.17) is 15.2 Å². The van der Waals surface area contributed by atoms with Crippen molar-refractivity contribution in [2.45, 2.75) is 31.4 Å². The molecule has 0 aromatic heterocycles. The van der Waals surface area contributed by atoms with Gasteiger partial charge in [-0.3, -0.25) is 0 Å². The van der Waals surface area contributed by atoms with Crippen molar-refractivity contribution in [3.63, 3.8) is 0 Å². The molecule has 94 valence electrons. The van der Waals surface area contributed by atoms with E-state index in [1.807, 2.05) is 18.2 Å². The zero-order chi connectivity index (χ0) is 11.9. The number of hydrogen-bond donors (Lipinski definition) is 1. The molecule has 2 rings (SSSR count). The van der Waals surface area contributed by atoms with E-state index >= 15 is 0 Å². The van der Waals surface area contributed by atoms with Gasteiger partial charge in [-0.1, -0.05) is 30.3 Å². The van der Waals surface area contributed by atoms with Crippen LogP contribution >= 0.6 is 0 Å². The Labute approximate surface area is 103 Å². The minimum atomic E-state index is 0.0688. The van der Waals surface area contributed by atoms with Gasteiger partial charge in [0.25, 0.3) is 0 Å². The number of rotatable bonds is 5. The molecule has 0 spiro atoms. The van der Waals surface area contributed by atoms with Crippen molar-refractivity contribution in [1.82, 2.24) is 0 Å². The largest absolute Gasteiger partial charge is 0.379 e. The first-order chi connectivity index (χ1) is 8.34. The molecule has 1 saturated heterocycles. The van der Waals surface area contributed by atoms with Crippen LogP contribution in [0.3, 0.4) is 0 Å². The molecule has 1 aromatic carbocycles. The van der Waals surface area contributed by atoms with Gasteiger partial charge in [-0.2, -0.15) is 0 Å². The third kappa shape index (κ3) is 4.46. The smallest absolute Gasteiger partial charge is 0.0810 e. The predicted octanol–water partition coefficient (Wildman–Crippen LogP) is 1.75. The molecule has 3 heteroatoms. The van der Waals surface area contributed by atoms with Gasteiger partial charge in [-0.25, -0.2) is 0 Å². The zero-order valence-corrected chi connectivity index (χ0v) is 10.2. The van der Waals surface area contributed by atoms with Crippen LogP contribution in [0.5, 0.6) is 0 Å². The van der Waals surface area contributed by atoms with Crippen molar-refractivity contribution in [3.8, 4) is 0 Å². The molecule has 0 amide bonds. The van der Waals surface area contributed by atoms with Gasteiger partial charge in [0, 0.05) is 12.6 Å². The third-order valence-electron chi connectivity index (χ3n) is 3.01. The van der Waals surface area contributed by atoms with Crippen LogP contribution in [-0.2, 0) is 15.9 Å². The van der Waals surface area contributed by atoms with Crippen LogP contribution < -0.4 is 5.73 Å². The summed E-state index contributed by atoms with van der Waals surface area (Å²) in [6.07, 6.45) is 3.30. The van der Waals surface area contributed by atoms with Gasteiger partial charge in [0.2, 0.25) is 0 Å². The molecule has 1 aromatic rings. The first kappa shape index (κ1) is 12.6. The molecule has 0 saturated carbocycles. The van der Waals surface area contributed by atoms with Gasteiger partial charge in [0.1, 0.15) is 0 Å². The summed E-state index contributed by atoms with van der Waals surface area (Å²) in [5.41, 5.74) is 7.32. The molecular formula is C14H21NO2. The lowest BCUT2D eigenvalue weighted by Gasteiger charge is -2.24. The minimum Gasteiger partial charge on any atom is -0.379 e. The standard InChI is InChI=1S/C14H21NO2/c15-13(9-12-5-2-1-3-6-12)10-17-14-7-4-8-16-11-14/h1-3,5-6,13-14H,4,7-11,15H2. The van der Waals surface area contributed by atoms with Crippen LogP contribution in [0.2, 0.25) is 0 Å². The molecule has 17 heavy (non-hydrogen) atoms. The number of hydrogen-bond acceptors (Lipinski definition) is 3. The van der Waals surface area contributed by atoms with E-state index in [0.29, 0.717) is 6.61 Å². The highest BCUT2D eigenvalue weighted by molar-refractivity contribution is 5.15. The van der Waals surface area contributed by atoms with Crippen LogP contribution in [-0.4, -0.2) is 32.0 Å². The fourth-order valence-corrected chi connectivity index (χ4v) is 2.08. The van der Waals surface area contributed by atoms with Crippen molar-refractivity contribution >= 4 is 0 Å². The maximum Gasteiger partial charge on any atom is 0.0810 e. The predicted molar refractivity (Wildman–Crippen MR) is 67.9 cm³/mol. The van der Waals surface area contributed by atoms with Gasteiger partial charge in [0.15, 0.2) is 0 Å². The molecule has 3 nitrogen and oxygen atoms in total. The average molecular weight is 235 g/mol. The highest BCUT2D eigenvalue weighted by Gasteiger charge is 2.15. The fourth-order valence-electron chi connectivity index (χ4n) is 2.08. The SMILES string of the molecule is NC(COC1CCCOC1)Cc1ccccc1. The zero-order valence-electron chi connectivity index (χ0n) is 10.2. The van der Waals surface area contributed by atoms with E-state index < -0.39 is 0 Å². The molecule has 1 fully saturated rings. The van der Waals surface area contributed by atoms with Crippen molar-refractivity contribution in [2.75, 3.05) is 19.8 Å². The van der Waals surface area contributed by atoms with Crippen molar-refractivity contribution in [1.29, 1.82) is 0 Å². The molecule has 2 unspecified atom stereocenters. The van der Waals surface area contributed by atoms with Gasteiger partial charge in [-0.15, -0.1) is 0 Å². The Balaban J connectivity index is 1.68. The van der Waals surface area contributed by atoms with Crippen molar-refractivity contribution in [2.24, 2.45) is 5.73 Å². The number of ether oxygens (including phenoxy) is 2. The Morgan fingerprint density at radius 2 is 2.18 bits per heavy atom. The van der Waals surface area contributed by atoms with E-state index in [1.165, 1.54) is 5.56 Å². The lowest BCUT2D eigenvalue weighted by molar-refractivity contribution is -0.0532. The second-order valence-corrected chi connectivity index (χ2v) is 4.62. The van der Waals surface area contributed by atoms with Crippen LogP contribution in [0.1, 0.15) is 18.4 Å². The summed E-state index contributed by atoms with van der Waals surface area (Å²) in [4.78, 5) is 0. The van der Waals surface area contributed by atoms with E-state index in [1.54, 1.807) is 0 Å². The van der Waals surface area contributed by atoms with E-state index in [9.17, 15) is 0 Å². The maximum atomic E-state index is 6.06. The van der Waals surface area contributed by atoms with Crippen LogP contribution in [0.4, 0.5) is 0 Å². The van der Waals surface area contributed by atoms with Crippen LogP contribution in [0.15, 0.2) is 30.3 Å². The summed E-state index contributed by atoms with van der Waals surface area (Å²) in [7, 11) is 0. The normalized spacial score (nSPS) is 22.3. The molecule has 1 aliphatic rings. The molecule has 1 aliphatic heterocycles. The summed E-state index contributed by atoms with van der Waals surface area (Å²) < 4.78 is 11.1. The fraction of sp³-hybridized carbons (Fsp3) is 0.571.